The molecule has 0 spiro atoms. The molecule has 0 bridgehead atoms. The highest BCUT2D eigenvalue weighted by Crippen LogP contribution is 2.40. The number of hydrogen-bond acceptors (Lipinski definition) is 4. The largest absolute Gasteiger partial charge is 0.485 e. The lowest BCUT2D eigenvalue weighted by atomic mass is 9.96. The molecule has 1 unspecified atom stereocenters. The third kappa shape index (κ3) is 4.70. The predicted octanol–water partition coefficient (Wildman–Crippen LogP) is 8.54. The smallest absolute Gasteiger partial charge is 0.263 e. The van der Waals surface area contributed by atoms with Crippen molar-refractivity contribution < 1.29 is 4.74 Å². The van der Waals surface area contributed by atoms with E-state index in [0.29, 0.717) is 11.9 Å². The van der Waals surface area contributed by atoms with Gasteiger partial charge in [0.2, 0.25) is 0 Å². The van der Waals surface area contributed by atoms with Crippen LogP contribution in [0.2, 0.25) is 0 Å². The van der Waals surface area contributed by atoms with Gasteiger partial charge in [-0.2, -0.15) is 0 Å². The molecule has 0 saturated heterocycles. The molecule has 8 aromatic rings. The summed E-state index contributed by atoms with van der Waals surface area (Å²) in [6.07, 6.45) is 1.81. The van der Waals surface area contributed by atoms with Crippen LogP contribution in [0.4, 0.5) is 11.5 Å². The molecule has 0 aliphatic carbocycles. The van der Waals surface area contributed by atoms with Gasteiger partial charge in [0.15, 0.2) is 0 Å². The molecule has 1 atom stereocenters. The second-order valence-electron chi connectivity index (χ2n) is 13.5. The summed E-state index contributed by atoms with van der Waals surface area (Å²) in [5.41, 5.74) is 9.54. The van der Waals surface area contributed by atoms with Crippen molar-refractivity contribution in [1.29, 1.82) is 0 Å². The van der Waals surface area contributed by atoms with Crippen LogP contribution in [0.5, 0.6) is 5.75 Å². The molecule has 0 saturated carbocycles. The van der Waals surface area contributed by atoms with Gasteiger partial charge in [-0.3, -0.25) is 9.36 Å². The van der Waals surface area contributed by atoms with Gasteiger partial charge in [-0.25, -0.2) is 4.98 Å². The van der Waals surface area contributed by atoms with Gasteiger partial charge in [0.1, 0.15) is 17.7 Å². The summed E-state index contributed by atoms with van der Waals surface area (Å²) in [6, 6.07) is 54.1. The fourth-order valence-electron chi connectivity index (χ4n) is 8.16. The van der Waals surface area contributed by atoms with E-state index in [1.165, 1.54) is 27.1 Å². The third-order valence-corrected chi connectivity index (χ3v) is 10.5. The van der Waals surface area contributed by atoms with E-state index in [2.05, 4.69) is 109 Å². The van der Waals surface area contributed by atoms with Crippen molar-refractivity contribution in [3.05, 3.63) is 196 Å². The first-order valence-electron chi connectivity index (χ1n) is 17.7. The lowest BCUT2D eigenvalue weighted by Crippen LogP contribution is -2.33. The number of benzene rings is 6. The number of rotatable bonds is 3. The van der Waals surface area contributed by atoms with Crippen molar-refractivity contribution in [2.75, 3.05) is 11.4 Å². The first-order valence-corrected chi connectivity index (χ1v) is 17.7. The molecular weight excluding hydrogens is 639 g/mol. The quantitative estimate of drug-likeness (QED) is 0.177. The van der Waals surface area contributed by atoms with Crippen molar-refractivity contribution in [3.8, 4) is 22.6 Å². The Morgan fingerprint density at radius 3 is 2.19 bits per heavy atom. The van der Waals surface area contributed by atoms with Crippen LogP contribution in [0, 0.1) is 0 Å². The van der Waals surface area contributed by atoms with E-state index >= 15 is 0 Å². The number of ether oxygens (including phenoxy) is 1. The molecule has 248 valence electrons. The maximum absolute atomic E-state index is 14.2. The standard InChI is InChI=1S/C47H33N3O2/c1-30-46(39-23-10-12-25-44(39)52-30)37-21-7-5-18-34(37)41-29-49(42-24-11-9-20-36(41)42)45-27-40-35-19-6-8-22-38(35)47(51)50(43(40)28-48-45)33-17-13-16-32(26-33)31-14-3-2-4-15-31/h2-28,30H,29H2,1H3/b41-34+,46-37+. The summed E-state index contributed by atoms with van der Waals surface area (Å²) in [4.78, 5) is 21.6. The summed E-state index contributed by atoms with van der Waals surface area (Å²) in [6.45, 7) is 2.78. The predicted molar refractivity (Wildman–Crippen MR) is 211 cm³/mol. The molecule has 6 aromatic carbocycles. The summed E-state index contributed by atoms with van der Waals surface area (Å²) >= 11 is 0. The molecule has 0 amide bonds. The zero-order valence-corrected chi connectivity index (χ0v) is 28.5. The number of aromatic nitrogens is 2. The van der Waals surface area contributed by atoms with Gasteiger partial charge in [0, 0.05) is 33.2 Å². The normalized spacial score (nSPS) is 16.9. The fraction of sp³-hybridized carbons (Fsp3) is 0.0638. The summed E-state index contributed by atoms with van der Waals surface area (Å²) in [5.74, 6) is 1.76. The average molecular weight is 672 g/mol. The Morgan fingerprint density at radius 1 is 0.635 bits per heavy atom. The van der Waals surface area contributed by atoms with Crippen molar-refractivity contribution in [2.45, 2.75) is 13.0 Å². The maximum atomic E-state index is 14.2. The second-order valence-corrected chi connectivity index (χ2v) is 13.5. The van der Waals surface area contributed by atoms with E-state index in [1.807, 2.05) is 71.4 Å². The van der Waals surface area contributed by atoms with Crippen LogP contribution in [0.25, 0.3) is 49.6 Å². The zero-order valence-electron chi connectivity index (χ0n) is 28.5. The highest BCUT2D eigenvalue weighted by atomic mass is 16.5. The molecule has 0 N–H and O–H groups in total. The minimum absolute atomic E-state index is 0.0617. The minimum atomic E-state index is -0.0641. The molecule has 4 heterocycles. The van der Waals surface area contributed by atoms with Crippen LogP contribution in [0.15, 0.2) is 169 Å². The number of para-hydroxylation sites is 2. The van der Waals surface area contributed by atoms with E-state index in [1.54, 1.807) is 0 Å². The first kappa shape index (κ1) is 30.1. The number of fused-ring (bicyclic) bond motifs is 5. The number of pyridine rings is 2. The van der Waals surface area contributed by atoms with E-state index < -0.39 is 0 Å². The highest BCUT2D eigenvalue weighted by molar-refractivity contribution is 6.07. The van der Waals surface area contributed by atoms with E-state index in [4.69, 9.17) is 9.72 Å². The van der Waals surface area contributed by atoms with Crippen LogP contribution in [-0.2, 0) is 0 Å². The number of anilines is 2. The van der Waals surface area contributed by atoms with Crippen LogP contribution in [0.3, 0.4) is 0 Å². The van der Waals surface area contributed by atoms with Crippen molar-refractivity contribution in [3.63, 3.8) is 0 Å². The molecule has 0 fully saturated rings. The number of nitrogens with zero attached hydrogens (tertiary/aromatic N) is 3. The minimum Gasteiger partial charge on any atom is -0.485 e. The van der Waals surface area contributed by atoms with Crippen LogP contribution in [-0.4, -0.2) is 22.2 Å². The molecule has 0 radical (unpaired) electrons. The van der Waals surface area contributed by atoms with Gasteiger partial charge in [0.25, 0.3) is 5.56 Å². The lowest BCUT2D eigenvalue weighted by Gasteiger charge is -2.20. The van der Waals surface area contributed by atoms with E-state index in [0.717, 1.165) is 55.9 Å². The summed E-state index contributed by atoms with van der Waals surface area (Å²) in [5, 5.41) is 4.93. The fourth-order valence-corrected chi connectivity index (χ4v) is 8.16. The average Bonchev–Trinajstić information content (AvgIpc) is 3.76. The Balaban J connectivity index is 1.18. The van der Waals surface area contributed by atoms with Gasteiger partial charge in [-0.05, 0) is 75.8 Å². The first-order chi connectivity index (χ1) is 25.6. The number of hydrogen-bond donors (Lipinski definition) is 0. The summed E-state index contributed by atoms with van der Waals surface area (Å²) < 4.78 is 8.13. The Hall–Kier alpha value is -6.72. The van der Waals surface area contributed by atoms with Crippen LogP contribution in [0.1, 0.15) is 18.1 Å². The van der Waals surface area contributed by atoms with Crippen molar-refractivity contribution >= 4 is 44.3 Å². The molecule has 2 aliphatic heterocycles. The van der Waals surface area contributed by atoms with Crippen LogP contribution >= 0.6 is 0 Å². The van der Waals surface area contributed by atoms with Gasteiger partial charge < -0.3 is 9.64 Å². The Bertz CT molecular complexity index is 2910. The molecule has 5 nitrogen and oxygen atoms in total. The molecule has 2 aromatic heterocycles. The van der Waals surface area contributed by atoms with Gasteiger partial charge in [-0.15, -0.1) is 0 Å². The van der Waals surface area contributed by atoms with Gasteiger partial charge in [0.05, 0.1) is 23.9 Å². The SMILES string of the molecule is CC1Oc2ccccc2/C1=c1\cccc\c1=C1\CN(c2cc3c4ccccc4c(=O)n(-c4cccc(-c5ccccc5)c4)c3cn2)c2ccccc21. The highest BCUT2D eigenvalue weighted by Gasteiger charge is 2.29. The molecular formula is C47H33N3O2. The second kappa shape index (κ2) is 12.0. The molecule has 10 rings (SSSR count). The lowest BCUT2D eigenvalue weighted by molar-refractivity contribution is 0.296. The zero-order chi connectivity index (χ0) is 34.8. The Kier molecular flexibility index (Phi) is 6.93. The van der Waals surface area contributed by atoms with E-state index in [9.17, 15) is 4.79 Å². The van der Waals surface area contributed by atoms with Gasteiger partial charge >= 0.3 is 0 Å². The summed E-state index contributed by atoms with van der Waals surface area (Å²) in [7, 11) is 0. The van der Waals surface area contributed by atoms with Crippen molar-refractivity contribution in [2.24, 2.45) is 0 Å². The van der Waals surface area contributed by atoms with E-state index in [-0.39, 0.29) is 11.7 Å². The molecule has 5 heteroatoms. The van der Waals surface area contributed by atoms with Crippen molar-refractivity contribution in [1.82, 2.24) is 9.55 Å². The molecule has 52 heavy (non-hydrogen) atoms. The van der Waals surface area contributed by atoms with Crippen LogP contribution < -0.4 is 25.6 Å². The Labute approximate surface area is 300 Å². The third-order valence-electron chi connectivity index (χ3n) is 10.5. The topological polar surface area (TPSA) is 47.4 Å². The Morgan fingerprint density at radius 2 is 1.33 bits per heavy atom. The molecule has 2 aliphatic rings. The maximum Gasteiger partial charge on any atom is 0.263 e. The monoisotopic (exact) mass is 671 g/mol. The van der Waals surface area contributed by atoms with Gasteiger partial charge in [-0.1, -0.05) is 121 Å².